The van der Waals surface area contributed by atoms with Crippen LogP contribution in [0, 0.1) is 6.92 Å². The molecule has 13 nitrogen and oxygen atoms in total. The molecule has 0 bridgehead atoms. The third-order valence-corrected chi connectivity index (χ3v) is 7.38. The molecule has 14 heteroatoms. The van der Waals surface area contributed by atoms with Crippen LogP contribution >= 0.6 is 7.82 Å². The number of nitrogens with zero attached hydrogens (tertiary/aromatic N) is 4. The predicted octanol–water partition coefficient (Wildman–Crippen LogP) is 3.03. The van der Waals surface area contributed by atoms with Crippen LogP contribution in [0.4, 0.5) is 5.82 Å². The van der Waals surface area contributed by atoms with Gasteiger partial charge in [0.1, 0.15) is 31.2 Å². The van der Waals surface area contributed by atoms with E-state index in [0.29, 0.717) is 11.1 Å². The number of anilines is 1. The highest BCUT2D eigenvalue weighted by molar-refractivity contribution is 7.47. The summed E-state index contributed by atoms with van der Waals surface area (Å²) >= 11 is 0. The molecular formula is C25H22N5O8P. The lowest BCUT2D eigenvalue weighted by Crippen LogP contribution is -2.32. The van der Waals surface area contributed by atoms with Crippen molar-refractivity contribution in [3.63, 3.8) is 0 Å². The molecule has 2 fully saturated rings. The van der Waals surface area contributed by atoms with Gasteiger partial charge in [-0.2, -0.15) is 0 Å². The van der Waals surface area contributed by atoms with Gasteiger partial charge in [-0.1, -0.05) is 35.9 Å². The second kappa shape index (κ2) is 9.95. The van der Waals surface area contributed by atoms with Crippen molar-refractivity contribution in [1.82, 2.24) is 19.5 Å². The SMILES string of the molecule is Cc1ccc(C(=O)OC[C@H]2O[C@@H](n3cnc4c(NC(=O)c5ccccc5)ncnc43)[C@@H]3OP(=O)(O)O[C@@H]32)cc1. The molecule has 2 N–H and O–H groups in total. The highest BCUT2D eigenvalue weighted by Crippen LogP contribution is 2.58. The van der Waals surface area contributed by atoms with Gasteiger partial charge in [-0.3, -0.25) is 18.4 Å². The van der Waals surface area contributed by atoms with Gasteiger partial charge in [-0.05, 0) is 31.2 Å². The first-order valence-electron chi connectivity index (χ1n) is 11.9. The number of phosphoric acid groups is 1. The Morgan fingerprint density at radius 2 is 1.77 bits per heavy atom. The number of benzene rings is 2. The van der Waals surface area contributed by atoms with E-state index in [1.165, 1.54) is 17.2 Å². The Bertz CT molecular complexity index is 1600. The second-order valence-electron chi connectivity index (χ2n) is 9.00. The number of aromatic nitrogens is 4. The van der Waals surface area contributed by atoms with Crippen LogP contribution in [0.15, 0.2) is 67.3 Å². The van der Waals surface area contributed by atoms with E-state index >= 15 is 0 Å². The van der Waals surface area contributed by atoms with Gasteiger partial charge in [0.25, 0.3) is 5.91 Å². The Hall–Kier alpha value is -4.00. The number of hydrogen-bond acceptors (Lipinski definition) is 10. The quantitative estimate of drug-likeness (QED) is 0.267. The molecule has 2 saturated heterocycles. The van der Waals surface area contributed by atoms with Crippen molar-refractivity contribution in [2.45, 2.75) is 31.5 Å². The lowest BCUT2D eigenvalue weighted by Gasteiger charge is -2.19. The maximum atomic E-state index is 12.7. The van der Waals surface area contributed by atoms with Gasteiger partial charge < -0.3 is 19.7 Å². The lowest BCUT2D eigenvalue weighted by molar-refractivity contribution is -0.0637. The van der Waals surface area contributed by atoms with E-state index in [1.807, 2.05) is 6.92 Å². The normalized spacial score (nSPS) is 25.9. The Morgan fingerprint density at radius 1 is 1.03 bits per heavy atom. The van der Waals surface area contributed by atoms with Crippen molar-refractivity contribution in [2.24, 2.45) is 0 Å². The zero-order valence-corrected chi connectivity index (χ0v) is 21.3. The van der Waals surface area contributed by atoms with Gasteiger partial charge >= 0.3 is 13.8 Å². The van der Waals surface area contributed by atoms with E-state index in [2.05, 4.69) is 20.3 Å². The molecular weight excluding hydrogens is 529 g/mol. The average molecular weight is 551 g/mol. The number of carbonyl (C=O) groups excluding carboxylic acids is 2. The van der Waals surface area contributed by atoms with Gasteiger partial charge in [0.05, 0.1) is 11.9 Å². The standard InChI is InChI=1S/C25H22N5O8P/c1-14-7-9-16(10-8-14)25(32)35-11-17-19-20(38-39(33,34)37-19)24(36-17)30-13-28-18-21(26-12-27-22(18)30)29-23(31)15-5-3-2-4-6-15/h2-10,12-13,17,19-20,24H,11H2,1H3,(H,33,34)(H,26,27,29,31)/t17-,19-,20-,24-/m1/s1. The third-order valence-electron chi connectivity index (χ3n) is 6.36. The Morgan fingerprint density at radius 3 is 2.54 bits per heavy atom. The van der Waals surface area contributed by atoms with Gasteiger partial charge in [-0.15, -0.1) is 0 Å². The molecule has 2 aromatic heterocycles. The van der Waals surface area contributed by atoms with Crippen LogP contribution in [0.25, 0.3) is 11.2 Å². The summed E-state index contributed by atoms with van der Waals surface area (Å²) < 4.78 is 35.9. The molecule has 1 unspecified atom stereocenters. The number of rotatable bonds is 6. The molecule has 0 aliphatic carbocycles. The van der Waals surface area contributed by atoms with E-state index in [9.17, 15) is 19.0 Å². The van der Waals surface area contributed by atoms with Crippen molar-refractivity contribution in [3.8, 4) is 0 Å². The molecule has 2 aromatic carbocycles. The van der Waals surface area contributed by atoms with Crippen LogP contribution in [0.5, 0.6) is 0 Å². The average Bonchev–Trinajstić information content (AvgIpc) is 3.59. The summed E-state index contributed by atoms with van der Waals surface area (Å²) in [7, 11) is -4.38. The summed E-state index contributed by atoms with van der Waals surface area (Å²) in [6.07, 6.45) is -1.32. The highest BCUT2D eigenvalue weighted by Gasteiger charge is 2.58. The number of aryl methyl sites for hydroxylation is 1. The summed E-state index contributed by atoms with van der Waals surface area (Å²) in [5, 5.41) is 2.72. The molecule has 4 aromatic rings. The molecule has 39 heavy (non-hydrogen) atoms. The fourth-order valence-electron chi connectivity index (χ4n) is 4.47. The first-order chi connectivity index (χ1) is 18.8. The minimum Gasteiger partial charge on any atom is -0.459 e. The summed E-state index contributed by atoms with van der Waals surface area (Å²) in [6, 6.07) is 15.5. The van der Waals surface area contributed by atoms with Gasteiger partial charge in [0, 0.05) is 5.56 Å². The number of nitrogens with one attached hydrogen (secondary N) is 1. The maximum absolute atomic E-state index is 12.7. The van der Waals surface area contributed by atoms with Crippen molar-refractivity contribution >= 4 is 36.7 Å². The Labute approximate surface area is 221 Å². The summed E-state index contributed by atoms with van der Waals surface area (Å²) in [6.45, 7) is 1.64. The fourth-order valence-corrected chi connectivity index (χ4v) is 5.61. The number of esters is 1. The Kier molecular flexibility index (Phi) is 6.45. The molecule has 2 aliphatic heterocycles. The van der Waals surface area contributed by atoms with Crippen LogP contribution in [0.3, 0.4) is 0 Å². The summed E-state index contributed by atoms with van der Waals surface area (Å²) in [5.41, 5.74) is 2.32. The smallest absolute Gasteiger partial charge is 0.459 e. The molecule has 4 heterocycles. The first kappa shape index (κ1) is 25.3. The van der Waals surface area contributed by atoms with E-state index < -0.39 is 38.3 Å². The Balaban J connectivity index is 1.24. The van der Waals surface area contributed by atoms with E-state index in [4.69, 9.17) is 18.5 Å². The molecule has 1 amide bonds. The molecule has 2 aliphatic rings. The number of amides is 1. The molecule has 200 valence electrons. The molecule has 0 spiro atoms. The van der Waals surface area contributed by atoms with Crippen molar-refractivity contribution in [1.29, 1.82) is 0 Å². The van der Waals surface area contributed by atoms with Crippen molar-refractivity contribution < 1.29 is 37.6 Å². The van der Waals surface area contributed by atoms with Gasteiger partial charge in [-0.25, -0.2) is 24.3 Å². The van der Waals surface area contributed by atoms with Crippen LogP contribution in [0.1, 0.15) is 32.5 Å². The van der Waals surface area contributed by atoms with E-state index in [-0.39, 0.29) is 29.5 Å². The van der Waals surface area contributed by atoms with Crippen LogP contribution in [-0.4, -0.2) is 61.2 Å². The lowest BCUT2D eigenvalue weighted by atomic mass is 10.1. The van der Waals surface area contributed by atoms with Crippen LogP contribution < -0.4 is 5.32 Å². The minimum absolute atomic E-state index is 0.169. The number of ether oxygens (including phenoxy) is 2. The topological polar surface area (TPSA) is 164 Å². The third kappa shape index (κ3) is 4.93. The van der Waals surface area contributed by atoms with Crippen molar-refractivity contribution in [2.75, 3.05) is 11.9 Å². The fraction of sp³-hybridized carbons (Fsp3) is 0.240. The zero-order chi connectivity index (χ0) is 27.1. The van der Waals surface area contributed by atoms with Crippen LogP contribution in [-0.2, 0) is 23.1 Å². The second-order valence-corrected chi connectivity index (χ2v) is 10.4. The molecule has 0 saturated carbocycles. The van der Waals surface area contributed by atoms with Gasteiger partial charge in [0.15, 0.2) is 23.2 Å². The number of phosphoric ester groups is 1. The monoisotopic (exact) mass is 551 g/mol. The number of fused-ring (bicyclic) bond motifs is 2. The van der Waals surface area contributed by atoms with E-state index in [0.717, 1.165) is 5.56 Å². The minimum atomic E-state index is -4.38. The van der Waals surface area contributed by atoms with E-state index in [1.54, 1.807) is 54.6 Å². The molecule has 5 atom stereocenters. The van der Waals surface area contributed by atoms with Crippen LogP contribution in [0.2, 0.25) is 0 Å². The van der Waals surface area contributed by atoms with Gasteiger partial charge in [0.2, 0.25) is 0 Å². The predicted molar refractivity (Wildman–Crippen MR) is 135 cm³/mol. The largest absolute Gasteiger partial charge is 0.473 e. The number of hydrogen-bond donors (Lipinski definition) is 2. The highest BCUT2D eigenvalue weighted by atomic mass is 31.2. The number of imidazole rings is 1. The number of carbonyl (C=O) groups is 2. The zero-order valence-electron chi connectivity index (χ0n) is 20.4. The molecule has 0 radical (unpaired) electrons. The first-order valence-corrected chi connectivity index (χ1v) is 13.4. The summed E-state index contributed by atoms with van der Waals surface area (Å²) in [5.74, 6) is -0.794. The maximum Gasteiger partial charge on any atom is 0.473 e. The summed E-state index contributed by atoms with van der Waals surface area (Å²) in [4.78, 5) is 48.0. The molecule has 6 rings (SSSR count). The van der Waals surface area contributed by atoms with Crippen molar-refractivity contribution in [3.05, 3.63) is 83.9 Å².